The van der Waals surface area contributed by atoms with Crippen molar-refractivity contribution in [2.24, 2.45) is 0 Å². The van der Waals surface area contributed by atoms with E-state index in [-0.39, 0.29) is 16.9 Å². The van der Waals surface area contributed by atoms with Gasteiger partial charge in [-0.05, 0) is 9.91 Å². The summed E-state index contributed by atoms with van der Waals surface area (Å²) in [6.07, 6.45) is 1.22. The van der Waals surface area contributed by atoms with Crippen molar-refractivity contribution in [2.75, 3.05) is 12.9 Å². The Hall–Kier alpha value is -2.16. The summed E-state index contributed by atoms with van der Waals surface area (Å²) in [6.45, 7) is 0. The summed E-state index contributed by atoms with van der Waals surface area (Å²) in [4.78, 5) is 35.5. The highest BCUT2D eigenvalue weighted by Crippen LogP contribution is 2.25. The maximum Gasteiger partial charge on any atom is 0.364 e. The summed E-state index contributed by atoms with van der Waals surface area (Å²) < 4.78 is 4.44. The normalized spacial score (nSPS) is 9.95. The number of carboxylic acids is 1. The lowest BCUT2D eigenvalue weighted by atomic mass is 10.2. The third-order valence-electron chi connectivity index (χ3n) is 2.06. The van der Waals surface area contributed by atoms with Gasteiger partial charge in [0.2, 0.25) is 0 Å². The molecule has 1 N–H and O–H groups in total. The standard InChI is InChI=1S/C10H10N2O6S/c1-18-9(13)2-3-19-7-5-11-8(12(16)17)4-6(7)10(14)15/h4-5H,2-3H2,1H3,(H,14,15). The van der Waals surface area contributed by atoms with E-state index in [9.17, 15) is 19.7 Å². The molecule has 1 aromatic heterocycles. The summed E-state index contributed by atoms with van der Waals surface area (Å²) in [5.74, 6) is -1.94. The number of pyridine rings is 1. The molecule has 9 heteroatoms. The maximum absolute atomic E-state index is 11.0. The highest BCUT2D eigenvalue weighted by atomic mass is 32.2. The Kier molecular flexibility index (Phi) is 5.24. The fourth-order valence-corrected chi connectivity index (χ4v) is 2.08. The van der Waals surface area contributed by atoms with Gasteiger partial charge in [0.25, 0.3) is 0 Å². The first-order valence-electron chi connectivity index (χ1n) is 5.03. The van der Waals surface area contributed by atoms with Crippen molar-refractivity contribution in [2.45, 2.75) is 11.3 Å². The molecule has 0 bridgehead atoms. The molecule has 0 aliphatic heterocycles. The van der Waals surface area contributed by atoms with Crippen LogP contribution in [0.15, 0.2) is 17.2 Å². The number of hydrogen-bond donors (Lipinski definition) is 1. The first-order valence-corrected chi connectivity index (χ1v) is 6.01. The SMILES string of the molecule is COC(=O)CCSc1cnc([N+](=O)[O-])cc1C(=O)O. The number of aromatic carboxylic acids is 1. The van der Waals surface area contributed by atoms with E-state index in [0.29, 0.717) is 5.75 Å². The molecule has 8 nitrogen and oxygen atoms in total. The number of carbonyl (C=O) groups is 2. The number of hydrogen-bond acceptors (Lipinski definition) is 7. The molecule has 0 unspecified atom stereocenters. The van der Waals surface area contributed by atoms with Crippen LogP contribution in [0.1, 0.15) is 16.8 Å². The van der Waals surface area contributed by atoms with Crippen LogP contribution in [0.4, 0.5) is 5.82 Å². The zero-order chi connectivity index (χ0) is 14.4. The smallest absolute Gasteiger partial charge is 0.364 e. The minimum atomic E-state index is -1.29. The topological polar surface area (TPSA) is 120 Å². The predicted molar refractivity (Wildman–Crippen MR) is 65.2 cm³/mol. The quantitative estimate of drug-likeness (QED) is 0.360. The van der Waals surface area contributed by atoms with E-state index in [4.69, 9.17) is 5.11 Å². The Morgan fingerprint density at radius 3 is 2.79 bits per heavy atom. The van der Waals surface area contributed by atoms with Gasteiger partial charge < -0.3 is 20.0 Å². The number of carboxylic acid groups (broad SMARTS) is 1. The largest absolute Gasteiger partial charge is 0.478 e. The van der Waals surface area contributed by atoms with E-state index in [1.165, 1.54) is 7.11 Å². The van der Waals surface area contributed by atoms with Gasteiger partial charge in [-0.3, -0.25) is 4.79 Å². The summed E-state index contributed by atoms with van der Waals surface area (Å²) in [7, 11) is 1.25. The fraction of sp³-hybridized carbons (Fsp3) is 0.300. The summed E-state index contributed by atoms with van der Waals surface area (Å²) in [6, 6.07) is 0.892. The molecule has 0 aromatic carbocycles. The molecule has 0 amide bonds. The van der Waals surface area contributed by atoms with E-state index < -0.39 is 22.7 Å². The number of ether oxygens (including phenoxy) is 1. The molecule has 1 aromatic rings. The Morgan fingerprint density at radius 2 is 2.26 bits per heavy atom. The van der Waals surface area contributed by atoms with E-state index in [2.05, 4.69) is 9.72 Å². The molecule has 0 aliphatic rings. The highest BCUT2D eigenvalue weighted by Gasteiger charge is 2.18. The number of nitro groups is 1. The number of thioether (sulfide) groups is 1. The van der Waals surface area contributed by atoms with Crippen LogP contribution in [-0.2, 0) is 9.53 Å². The summed E-state index contributed by atoms with van der Waals surface area (Å²) in [5, 5.41) is 19.5. The van der Waals surface area contributed by atoms with Gasteiger partial charge in [0.15, 0.2) is 6.20 Å². The molecule has 1 heterocycles. The first-order chi connectivity index (χ1) is 8.95. The van der Waals surface area contributed by atoms with E-state index in [0.717, 1.165) is 24.0 Å². The molecular formula is C10H10N2O6S. The van der Waals surface area contributed by atoms with Gasteiger partial charge >= 0.3 is 17.8 Å². The monoisotopic (exact) mass is 286 g/mol. The van der Waals surface area contributed by atoms with Gasteiger partial charge in [-0.1, -0.05) is 0 Å². The van der Waals surface area contributed by atoms with E-state index >= 15 is 0 Å². The Morgan fingerprint density at radius 1 is 1.58 bits per heavy atom. The molecule has 0 radical (unpaired) electrons. The Balaban J connectivity index is 2.85. The zero-order valence-electron chi connectivity index (χ0n) is 9.86. The summed E-state index contributed by atoms with van der Waals surface area (Å²) >= 11 is 1.07. The van der Waals surface area contributed by atoms with Crippen LogP contribution >= 0.6 is 11.8 Å². The van der Waals surface area contributed by atoms with Gasteiger partial charge in [-0.25, -0.2) is 4.79 Å². The number of esters is 1. The molecule has 0 saturated carbocycles. The van der Waals surface area contributed by atoms with Crippen molar-refractivity contribution in [3.8, 4) is 0 Å². The molecule has 1 rings (SSSR count). The van der Waals surface area contributed by atoms with Gasteiger partial charge in [0.05, 0.1) is 30.1 Å². The van der Waals surface area contributed by atoms with Crippen LogP contribution in [0.2, 0.25) is 0 Å². The lowest BCUT2D eigenvalue weighted by Crippen LogP contribution is -2.04. The van der Waals surface area contributed by atoms with Crippen LogP contribution in [0.25, 0.3) is 0 Å². The first kappa shape index (κ1) is 14.9. The molecule has 0 fully saturated rings. The van der Waals surface area contributed by atoms with Crippen molar-refractivity contribution < 1.29 is 24.4 Å². The van der Waals surface area contributed by atoms with Gasteiger partial charge in [-0.15, -0.1) is 11.8 Å². The molecular weight excluding hydrogens is 276 g/mol. The van der Waals surface area contributed by atoms with Gasteiger partial charge in [0.1, 0.15) is 0 Å². The number of methoxy groups -OCH3 is 1. The third kappa shape index (κ3) is 4.21. The second-order valence-electron chi connectivity index (χ2n) is 3.28. The van der Waals surface area contributed by atoms with Crippen molar-refractivity contribution in [3.05, 3.63) is 27.9 Å². The number of aromatic nitrogens is 1. The van der Waals surface area contributed by atoms with Crippen LogP contribution in [0, 0.1) is 10.1 Å². The second kappa shape index (κ2) is 6.69. The Labute approximate surface area is 111 Å². The predicted octanol–water partition coefficient (Wildman–Crippen LogP) is 1.34. The lowest BCUT2D eigenvalue weighted by Gasteiger charge is -2.03. The highest BCUT2D eigenvalue weighted by molar-refractivity contribution is 7.99. The van der Waals surface area contributed by atoms with Gasteiger partial charge in [-0.2, -0.15) is 0 Å². The van der Waals surface area contributed by atoms with Crippen LogP contribution in [-0.4, -0.2) is 39.8 Å². The molecule has 0 atom stereocenters. The molecule has 19 heavy (non-hydrogen) atoms. The van der Waals surface area contributed by atoms with Crippen LogP contribution in [0.5, 0.6) is 0 Å². The third-order valence-corrected chi connectivity index (χ3v) is 3.11. The van der Waals surface area contributed by atoms with E-state index in [1.54, 1.807) is 0 Å². The maximum atomic E-state index is 11.0. The van der Waals surface area contributed by atoms with Crippen molar-refractivity contribution in [1.82, 2.24) is 4.98 Å². The number of rotatable bonds is 6. The molecule has 0 aliphatic carbocycles. The lowest BCUT2D eigenvalue weighted by molar-refractivity contribution is -0.389. The molecule has 102 valence electrons. The average molecular weight is 286 g/mol. The minimum absolute atomic E-state index is 0.108. The average Bonchev–Trinajstić information content (AvgIpc) is 2.38. The molecule has 0 spiro atoms. The number of nitrogens with zero attached hydrogens (tertiary/aromatic N) is 2. The van der Waals surface area contributed by atoms with E-state index in [1.807, 2.05) is 0 Å². The fourth-order valence-electron chi connectivity index (χ4n) is 1.16. The Bertz CT molecular complexity index is 519. The second-order valence-corrected chi connectivity index (χ2v) is 4.41. The van der Waals surface area contributed by atoms with Crippen LogP contribution in [0.3, 0.4) is 0 Å². The van der Waals surface area contributed by atoms with Crippen LogP contribution < -0.4 is 0 Å². The van der Waals surface area contributed by atoms with Gasteiger partial charge in [0, 0.05) is 5.75 Å². The van der Waals surface area contributed by atoms with Crippen molar-refractivity contribution in [3.63, 3.8) is 0 Å². The zero-order valence-corrected chi connectivity index (χ0v) is 10.7. The van der Waals surface area contributed by atoms with Crippen molar-refractivity contribution >= 4 is 29.5 Å². The summed E-state index contributed by atoms with van der Waals surface area (Å²) in [5.41, 5.74) is -0.212. The number of carbonyl (C=O) groups excluding carboxylic acids is 1. The molecule has 0 saturated heterocycles. The van der Waals surface area contributed by atoms with Crippen molar-refractivity contribution in [1.29, 1.82) is 0 Å². The minimum Gasteiger partial charge on any atom is -0.478 e.